The van der Waals surface area contributed by atoms with Gasteiger partial charge < -0.3 is 10.3 Å². The molecule has 2 rings (SSSR count). The molecule has 0 fully saturated rings. The lowest BCUT2D eigenvalue weighted by molar-refractivity contribution is 0.597. The Balaban J connectivity index is 2.14. The number of aromatic nitrogens is 3. The van der Waals surface area contributed by atoms with Crippen LogP contribution in [0.4, 0.5) is 0 Å². The standard InChI is InChI=1S/C14H20N4/c1-3-7-18-8-6-17-14(18)9-13(15)12-4-5-16-10-11(12)2/h4-6,8,10,13H,3,7,9,15H2,1-2H3. The molecule has 0 aromatic carbocycles. The molecule has 0 aliphatic heterocycles. The average Bonchev–Trinajstić information content (AvgIpc) is 2.78. The van der Waals surface area contributed by atoms with Gasteiger partial charge in [0.05, 0.1) is 0 Å². The zero-order chi connectivity index (χ0) is 13.0. The lowest BCUT2D eigenvalue weighted by atomic mass is 10.0. The molecule has 2 N–H and O–H groups in total. The highest BCUT2D eigenvalue weighted by Crippen LogP contribution is 2.18. The molecule has 4 heteroatoms. The van der Waals surface area contributed by atoms with Crippen LogP contribution in [0.3, 0.4) is 0 Å². The molecular formula is C14H20N4. The number of imidazole rings is 1. The SMILES string of the molecule is CCCn1ccnc1CC(N)c1ccncc1C. The molecule has 2 heterocycles. The van der Waals surface area contributed by atoms with Gasteiger partial charge >= 0.3 is 0 Å². The van der Waals surface area contributed by atoms with Crippen LogP contribution in [0.15, 0.2) is 30.9 Å². The van der Waals surface area contributed by atoms with Crippen LogP contribution in [-0.4, -0.2) is 14.5 Å². The van der Waals surface area contributed by atoms with Gasteiger partial charge in [0.15, 0.2) is 0 Å². The largest absolute Gasteiger partial charge is 0.335 e. The van der Waals surface area contributed by atoms with Crippen LogP contribution in [0.2, 0.25) is 0 Å². The first kappa shape index (κ1) is 12.8. The maximum Gasteiger partial charge on any atom is 0.110 e. The van der Waals surface area contributed by atoms with Crippen LogP contribution in [0.25, 0.3) is 0 Å². The molecule has 18 heavy (non-hydrogen) atoms. The summed E-state index contributed by atoms with van der Waals surface area (Å²) in [5.74, 6) is 1.06. The first-order valence-electron chi connectivity index (χ1n) is 6.38. The Morgan fingerprint density at radius 1 is 1.39 bits per heavy atom. The predicted octanol–water partition coefficient (Wildman–Crippen LogP) is 2.24. The minimum atomic E-state index is -0.0222. The number of pyridine rings is 1. The molecule has 96 valence electrons. The fourth-order valence-electron chi connectivity index (χ4n) is 2.18. The quantitative estimate of drug-likeness (QED) is 0.877. The van der Waals surface area contributed by atoms with Crippen LogP contribution in [0.1, 0.15) is 36.3 Å². The molecule has 1 unspecified atom stereocenters. The molecule has 0 aliphatic carbocycles. The van der Waals surface area contributed by atoms with E-state index < -0.39 is 0 Å². The molecule has 0 saturated heterocycles. The Labute approximate surface area is 108 Å². The number of rotatable bonds is 5. The molecule has 4 nitrogen and oxygen atoms in total. The molecule has 0 spiro atoms. The summed E-state index contributed by atoms with van der Waals surface area (Å²) in [6, 6.07) is 1.97. The second-order valence-corrected chi connectivity index (χ2v) is 4.58. The summed E-state index contributed by atoms with van der Waals surface area (Å²) in [5, 5.41) is 0. The van der Waals surface area contributed by atoms with E-state index in [2.05, 4.69) is 21.5 Å². The smallest absolute Gasteiger partial charge is 0.110 e. The van der Waals surface area contributed by atoms with Crippen molar-refractivity contribution in [1.82, 2.24) is 14.5 Å². The number of hydrogen-bond donors (Lipinski definition) is 1. The molecule has 2 aromatic heterocycles. The minimum absolute atomic E-state index is 0.0222. The van der Waals surface area contributed by atoms with Crippen molar-refractivity contribution < 1.29 is 0 Å². The summed E-state index contributed by atoms with van der Waals surface area (Å²) in [4.78, 5) is 8.49. The number of hydrogen-bond acceptors (Lipinski definition) is 3. The molecule has 0 saturated carbocycles. The average molecular weight is 244 g/mol. The Hall–Kier alpha value is -1.68. The maximum atomic E-state index is 6.27. The molecule has 0 radical (unpaired) electrons. The zero-order valence-corrected chi connectivity index (χ0v) is 11.0. The molecule has 0 amide bonds. The van der Waals surface area contributed by atoms with Gasteiger partial charge in [-0.1, -0.05) is 6.92 Å². The lowest BCUT2D eigenvalue weighted by Gasteiger charge is -2.15. The highest BCUT2D eigenvalue weighted by atomic mass is 15.1. The maximum absolute atomic E-state index is 6.27. The van der Waals surface area contributed by atoms with Gasteiger partial charge in [0.2, 0.25) is 0 Å². The van der Waals surface area contributed by atoms with E-state index in [1.54, 1.807) is 6.20 Å². The third kappa shape index (κ3) is 2.76. The summed E-state index contributed by atoms with van der Waals surface area (Å²) in [6.07, 6.45) is 9.38. The molecule has 0 aliphatic rings. The fourth-order valence-corrected chi connectivity index (χ4v) is 2.18. The van der Waals surface area contributed by atoms with Crippen molar-refractivity contribution in [3.05, 3.63) is 47.8 Å². The summed E-state index contributed by atoms with van der Waals surface area (Å²) in [5.41, 5.74) is 8.56. The van der Waals surface area contributed by atoms with Gasteiger partial charge in [-0.2, -0.15) is 0 Å². The zero-order valence-electron chi connectivity index (χ0n) is 11.0. The van der Waals surface area contributed by atoms with Crippen LogP contribution in [0, 0.1) is 6.92 Å². The van der Waals surface area contributed by atoms with Gasteiger partial charge in [-0.3, -0.25) is 4.98 Å². The Morgan fingerprint density at radius 3 is 2.94 bits per heavy atom. The lowest BCUT2D eigenvalue weighted by Crippen LogP contribution is -2.17. The van der Waals surface area contributed by atoms with E-state index in [1.807, 2.05) is 31.6 Å². The second-order valence-electron chi connectivity index (χ2n) is 4.58. The minimum Gasteiger partial charge on any atom is -0.335 e. The Morgan fingerprint density at radius 2 is 2.22 bits per heavy atom. The van der Waals surface area contributed by atoms with Crippen LogP contribution < -0.4 is 5.73 Å². The van der Waals surface area contributed by atoms with Gasteiger partial charge in [0.25, 0.3) is 0 Å². The van der Waals surface area contributed by atoms with Gasteiger partial charge in [-0.15, -0.1) is 0 Å². The summed E-state index contributed by atoms with van der Waals surface area (Å²) in [6.45, 7) is 5.20. The van der Waals surface area contributed by atoms with Crippen molar-refractivity contribution in [2.75, 3.05) is 0 Å². The van der Waals surface area contributed by atoms with Crippen molar-refractivity contribution in [3.63, 3.8) is 0 Å². The summed E-state index contributed by atoms with van der Waals surface area (Å²) < 4.78 is 2.18. The molecule has 1 atom stereocenters. The molecule has 2 aromatic rings. The van der Waals surface area contributed by atoms with Gasteiger partial charge in [-0.05, 0) is 30.5 Å². The van der Waals surface area contributed by atoms with E-state index >= 15 is 0 Å². The normalized spacial score (nSPS) is 12.6. The third-order valence-corrected chi connectivity index (χ3v) is 3.13. The van der Waals surface area contributed by atoms with E-state index in [1.165, 1.54) is 0 Å². The number of nitrogens with two attached hydrogens (primary N) is 1. The van der Waals surface area contributed by atoms with Crippen molar-refractivity contribution in [2.45, 2.75) is 39.3 Å². The van der Waals surface area contributed by atoms with Gasteiger partial charge in [0, 0.05) is 43.8 Å². The highest BCUT2D eigenvalue weighted by Gasteiger charge is 2.12. The van der Waals surface area contributed by atoms with Crippen LogP contribution >= 0.6 is 0 Å². The highest BCUT2D eigenvalue weighted by molar-refractivity contribution is 5.25. The first-order valence-corrected chi connectivity index (χ1v) is 6.38. The van der Waals surface area contributed by atoms with Crippen molar-refractivity contribution in [2.24, 2.45) is 5.73 Å². The van der Waals surface area contributed by atoms with Gasteiger partial charge in [-0.25, -0.2) is 4.98 Å². The van der Waals surface area contributed by atoms with E-state index in [9.17, 15) is 0 Å². The van der Waals surface area contributed by atoms with E-state index in [-0.39, 0.29) is 6.04 Å². The topological polar surface area (TPSA) is 56.7 Å². The first-order chi connectivity index (χ1) is 8.72. The number of aryl methyl sites for hydroxylation is 2. The van der Waals surface area contributed by atoms with Gasteiger partial charge in [0.1, 0.15) is 5.82 Å². The molecule has 0 bridgehead atoms. The van der Waals surface area contributed by atoms with Crippen molar-refractivity contribution in [3.8, 4) is 0 Å². The second kappa shape index (κ2) is 5.78. The monoisotopic (exact) mass is 244 g/mol. The van der Waals surface area contributed by atoms with E-state index in [0.29, 0.717) is 0 Å². The Bertz CT molecular complexity index is 504. The number of nitrogens with zero attached hydrogens (tertiary/aromatic N) is 3. The van der Waals surface area contributed by atoms with Crippen molar-refractivity contribution in [1.29, 1.82) is 0 Å². The fraction of sp³-hybridized carbons (Fsp3) is 0.429. The Kier molecular flexibility index (Phi) is 4.10. The predicted molar refractivity (Wildman–Crippen MR) is 72.1 cm³/mol. The summed E-state index contributed by atoms with van der Waals surface area (Å²) in [7, 11) is 0. The molecular weight excluding hydrogens is 224 g/mol. The van der Waals surface area contributed by atoms with E-state index in [0.717, 1.165) is 36.3 Å². The van der Waals surface area contributed by atoms with Crippen LogP contribution in [-0.2, 0) is 13.0 Å². The summed E-state index contributed by atoms with van der Waals surface area (Å²) >= 11 is 0. The van der Waals surface area contributed by atoms with E-state index in [4.69, 9.17) is 5.73 Å². The van der Waals surface area contributed by atoms with Crippen LogP contribution in [0.5, 0.6) is 0 Å². The van der Waals surface area contributed by atoms with Crippen molar-refractivity contribution >= 4 is 0 Å². The third-order valence-electron chi connectivity index (χ3n) is 3.13.